The summed E-state index contributed by atoms with van der Waals surface area (Å²) in [7, 11) is 1.59. The van der Waals surface area contributed by atoms with E-state index in [2.05, 4.69) is 11.4 Å². The van der Waals surface area contributed by atoms with Gasteiger partial charge >= 0.3 is 0 Å². The second-order valence-electron chi connectivity index (χ2n) is 4.80. The highest BCUT2D eigenvalue weighted by atomic mass is 16.5. The Bertz CT molecular complexity index is 489. The van der Waals surface area contributed by atoms with Crippen molar-refractivity contribution in [1.82, 2.24) is 5.32 Å². The molecule has 0 aliphatic heterocycles. The zero-order chi connectivity index (χ0) is 13.7. The van der Waals surface area contributed by atoms with Crippen molar-refractivity contribution >= 4 is 5.91 Å². The molecule has 0 heterocycles. The lowest BCUT2D eigenvalue weighted by Crippen LogP contribution is -2.25. The lowest BCUT2D eigenvalue weighted by molar-refractivity contribution is -0.121. The zero-order valence-electron chi connectivity index (χ0n) is 11.1. The highest BCUT2D eigenvalue weighted by Crippen LogP contribution is 2.29. The van der Waals surface area contributed by atoms with E-state index in [1.165, 1.54) is 0 Å². The van der Waals surface area contributed by atoms with E-state index in [4.69, 9.17) is 4.74 Å². The average molecular weight is 258 g/mol. The lowest BCUT2D eigenvalue weighted by Gasteiger charge is -2.13. The minimum Gasteiger partial charge on any atom is -0.496 e. The van der Waals surface area contributed by atoms with Gasteiger partial charge in [0, 0.05) is 18.0 Å². The van der Waals surface area contributed by atoms with Crippen molar-refractivity contribution in [3.8, 4) is 11.8 Å². The van der Waals surface area contributed by atoms with Crippen molar-refractivity contribution in [2.45, 2.75) is 37.6 Å². The number of nitrogens with zero attached hydrogens (tertiary/aromatic N) is 1. The molecule has 1 atom stereocenters. The van der Waals surface area contributed by atoms with Gasteiger partial charge in [-0.05, 0) is 25.3 Å². The number of rotatable bonds is 6. The predicted octanol–water partition coefficient (Wildman–Crippen LogP) is 2.36. The van der Waals surface area contributed by atoms with Crippen LogP contribution in [0.1, 0.15) is 37.2 Å². The number of hydrogen-bond donors (Lipinski definition) is 1. The van der Waals surface area contributed by atoms with E-state index < -0.39 is 0 Å². The number of amides is 1. The normalized spacial score (nSPS) is 15.4. The van der Waals surface area contributed by atoms with Crippen molar-refractivity contribution in [2.24, 2.45) is 0 Å². The standard InChI is InChI=1S/C15H18N2O2/c1-19-14-5-3-2-4-13(14)11(10-16)6-9-15(18)17-12-7-8-12/h2-5,11-12H,6-9H2,1H3,(H,17,18). The molecule has 0 aromatic heterocycles. The Morgan fingerprint density at radius 1 is 1.53 bits per heavy atom. The van der Waals surface area contributed by atoms with Gasteiger partial charge in [0.1, 0.15) is 5.75 Å². The van der Waals surface area contributed by atoms with Crippen LogP contribution in [-0.4, -0.2) is 19.1 Å². The van der Waals surface area contributed by atoms with E-state index in [0.717, 1.165) is 18.4 Å². The molecular weight excluding hydrogens is 240 g/mol. The molecule has 1 saturated carbocycles. The van der Waals surface area contributed by atoms with Gasteiger partial charge in [0.15, 0.2) is 0 Å². The van der Waals surface area contributed by atoms with E-state index in [0.29, 0.717) is 24.6 Å². The molecule has 4 heteroatoms. The minimum atomic E-state index is -0.305. The maximum absolute atomic E-state index is 11.6. The molecule has 4 nitrogen and oxygen atoms in total. The van der Waals surface area contributed by atoms with Crippen LogP contribution in [0.4, 0.5) is 0 Å². The molecule has 2 rings (SSSR count). The topological polar surface area (TPSA) is 62.1 Å². The largest absolute Gasteiger partial charge is 0.496 e. The van der Waals surface area contributed by atoms with Crippen molar-refractivity contribution in [3.05, 3.63) is 29.8 Å². The van der Waals surface area contributed by atoms with Crippen molar-refractivity contribution in [2.75, 3.05) is 7.11 Å². The zero-order valence-corrected chi connectivity index (χ0v) is 11.1. The molecule has 1 aromatic rings. The van der Waals surface area contributed by atoms with Crippen LogP contribution in [0.2, 0.25) is 0 Å². The summed E-state index contributed by atoms with van der Waals surface area (Å²) in [6, 6.07) is 10.1. The molecule has 100 valence electrons. The fourth-order valence-electron chi connectivity index (χ4n) is 2.05. The summed E-state index contributed by atoms with van der Waals surface area (Å²) < 4.78 is 5.26. The van der Waals surface area contributed by atoms with Crippen LogP contribution in [0.15, 0.2) is 24.3 Å². The van der Waals surface area contributed by atoms with Crippen LogP contribution in [0.3, 0.4) is 0 Å². The maximum Gasteiger partial charge on any atom is 0.220 e. The SMILES string of the molecule is COc1ccccc1C(C#N)CCC(=O)NC1CC1. The van der Waals surface area contributed by atoms with E-state index in [1.807, 2.05) is 24.3 Å². The summed E-state index contributed by atoms with van der Waals surface area (Å²) in [6.07, 6.45) is 3.07. The Hall–Kier alpha value is -2.02. The summed E-state index contributed by atoms with van der Waals surface area (Å²) in [5, 5.41) is 12.2. The Morgan fingerprint density at radius 2 is 2.26 bits per heavy atom. The Balaban J connectivity index is 1.95. The fraction of sp³-hybridized carbons (Fsp3) is 0.467. The summed E-state index contributed by atoms with van der Waals surface area (Å²) in [6.45, 7) is 0. The molecule has 1 amide bonds. The molecule has 19 heavy (non-hydrogen) atoms. The molecule has 1 unspecified atom stereocenters. The Labute approximate surface area is 113 Å². The number of benzene rings is 1. The van der Waals surface area contributed by atoms with Crippen LogP contribution in [0, 0.1) is 11.3 Å². The highest BCUT2D eigenvalue weighted by molar-refractivity contribution is 5.76. The highest BCUT2D eigenvalue weighted by Gasteiger charge is 2.24. The quantitative estimate of drug-likeness (QED) is 0.852. The number of carbonyl (C=O) groups excluding carboxylic acids is 1. The average Bonchev–Trinajstić information content (AvgIpc) is 3.24. The first kappa shape index (κ1) is 13.4. The van der Waals surface area contributed by atoms with E-state index in [1.54, 1.807) is 7.11 Å². The van der Waals surface area contributed by atoms with Crippen LogP contribution in [0.25, 0.3) is 0 Å². The van der Waals surface area contributed by atoms with Gasteiger partial charge in [-0.15, -0.1) is 0 Å². The molecule has 1 aliphatic rings. The number of methoxy groups -OCH3 is 1. The lowest BCUT2D eigenvalue weighted by atomic mass is 9.94. The molecule has 1 fully saturated rings. The third-order valence-electron chi connectivity index (χ3n) is 3.27. The van der Waals surface area contributed by atoms with Gasteiger partial charge in [-0.1, -0.05) is 18.2 Å². The molecular formula is C15H18N2O2. The van der Waals surface area contributed by atoms with Crippen molar-refractivity contribution in [3.63, 3.8) is 0 Å². The number of ether oxygens (including phenoxy) is 1. The minimum absolute atomic E-state index is 0.0395. The van der Waals surface area contributed by atoms with Gasteiger partial charge in [0.25, 0.3) is 0 Å². The van der Waals surface area contributed by atoms with Gasteiger partial charge in [-0.25, -0.2) is 0 Å². The maximum atomic E-state index is 11.6. The van der Waals surface area contributed by atoms with Crippen molar-refractivity contribution < 1.29 is 9.53 Å². The second kappa shape index (κ2) is 6.24. The molecule has 1 aromatic carbocycles. The first-order valence-corrected chi connectivity index (χ1v) is 6.56. The third kappa shape index (κ3) is 3.72. The first-order valence-electron chi connectivity index (χ1n) is 6.56. The Morgan fingerprint density at radius 3 is 2.89 bits per heavy atom. The van der Waals surface area contributed by atoms with Crippen LogP contribution < -0.4 is 10.1 Å². The van der Waals surface area contributed by atoms with Crippen LogP contribution >= 0.6 is 0 Å². The van der Waals surface area contributed by atoms with Gasteiger partial charge < -0.3 is 10.1 Å². The summed E-state index contributed by atoms with van der Waals surface area (Å²) >= 11 is 0. The molecule has 0 radical (unpaired) electrons. The smallest absolute Gasteiger partial charge is 0.220 e. The van der Waals surface area contributed by atoms with Crippen LogP contribution in [0.5, 0.6) is 5.75 Å². The molecule has 0 saturated heterocycles. The number of para-hydroxylation sites is 1. The Kier molecular flexibility index (Phi) is 4.40. The molecule has 1 N–H and O–H groups in total. The molecule has 1 aliphatic carbocycles. The van der Waals surface area contributed by atoms with E-state index >= 15 is 0 Å². The van der Waals surface area contributed by atoms with Gasteiger partial charge in [-0.2, -0.15) is 5.26 Å². The van der Waals surface area contributed by atoms with Gasteiger partial charge in [0.05, 0.1) is 19.1 Å². The number of carbonyl (C=O) groups is 1. The summed E-state index contributed by atoms with van der Waals surface area (Å²) in [5.41, 5.74) is 0.853. The van der Waals surface area contributed by atoms with Gasteiger partial charge in [-0.3, -0.25) is 4.79 Å². The van der Waals surface area contributed by atoms with E-state index in [9.17, 15) is 10.1 Å². The third-order valence-corrected chi connectivity index (χ3v) is 3.27. The number of hydrogen-bond acceptors (Lipinski definition) is 3. The second-order valence-corrected chi connectivity index (χ2v) is 4.80. The summed E-state index contributed by atoms with van der Waals surface area (Å²) in [5.74, 6) is 0.440. The molecule has 0 bridgehead atoms. The fourth-order valence-corrected chi connectivity index (χ4v) is 2.05. The number of nitrogens with one attached hydrogen (secondary N) is 1. The monoisotopic (exact) mass is 258 g/mol. The first-order chi connectivity index (χ1) is 9.24. The van der Waals surface area contributed by atoms with Gasteiger partial charge in [0.2, 0.25) is 5.91 Å². The number of nitriles is 1. The van der Waals surface area contributed by atoms with E-state index in [-0.39, 0.29) is 11.8 Å². The summed E-state index contributed by atoms with van der Waals surface area (Å²) in [4.78, 5) is 11.6. The van der Waals surface area contributed by atoms with Crippen LogP contribution in [-0.2, 0) is 4.79 Å². The van der Waals surface area contributed by atoms with Crippen molar-refractivity contribution in [1.29, 1.82) is 5.26 Å². The molecule has 0 spiro atoms. The predicted molar refractivity (Wildman–Crippen MR) is 71.7 cm³/mol.